The number of rotatable bonds is 18. The number of unbranched alkanes of at least 4 members (excludes halogenated alkanes) is 12. The third kappa shape index (κ3) is 20.3. The van der Waals surface area contributed by atoms with E-state index in [1.54, 1.807) is 0 Å². The first-order valence-corrected chi connectivity index (χ1v) is 10.9. The SMILES string of the molecule is CCCOCCCCCCCCCCCCCCCSC. The van der Waals surface area contributed by atoms with E-state index in [-0.39, 0.29) is 0 Å². The van der Waals surface area contributed by atoms with E-state index >= 15 is 0 Å². The van der Waals surface area contributed by atoms with Gasteiger partial charge >= 0.3 is 0 Å². The van der Waals surface area contributed by atoms with Crippen LogP contribution in [0.1, 0.15) is 96.8 Å². The van der Waals surface area contributed by atoms with Gasteiger partial charge < -0.3 is 4.74 Å². The first-order valence-electron chi connectivity index (χ1n) is 9.48. The Labute approximate surface area is 139 Å². The molecule has 2 heteroatoms. The molecule has 0 spiro atoms. The van der Waals surface area contributed by atoms with E-state index in [2.05, 4.69) is 13.2 Å². The zero-order valence-corrected chi connectivity index (χ0v) is 15.7. The van der Waals surface area contributed by atoms with Gasteiger partial charge in [0, 0.05) is 13.2 Å². The molecule has 0 aliphatic heterocycles. The Balaban J connectivity index is 2.90. The van der Waals surface area contributed by atoms with Crippen molar-refractivity contribution in [2.75, 3.05) is 25.2 Å². The maximum Gasteiger partial charge on any atom is 0.0466 e. The molecule has 0 unspecified atom stereocenters. The summed E-state index contributed by atoms with van der Waals surface area (Å²) in [7, 11) is 0. The maximum absolute atomic E-state index is 5.50. The Morgan fingerprint density at radius 2 is 1.00 bits per heavy atom. The molecule has 0 radical (unpaired) electrons. The van der Waals surface area contributed by atoms with Crippen molar-refractivity contribution in [1.82, 2.24) is 0 Å². The average Bonchev–Trinajstić information content (AvgIpc) is 2.50. The lowest BCUT2D eigenvalue weighted by atomic mass is 10.0. The third-order valence-corrected chi connectivity index (χ3v) is 4.68. The van der Waals surface area contributed by atoms with Crippen molar-refractivity contribution < 1.29 is 4.74 Å². The topological polar surface area (TPSA) is 9.23 Å². The van der Waals surface area contributed by atoms with Gasteiger partial charge in [-0.05, 0) is 31.3 Å². The van der Waals surface area contributed by atoms with Gasteiger partial charge in [0.15, 0.2) is 0 Å². The standard InChI is InChI=1S/C19H40OS/c1-3-17-20-18-15-13-11-9-7-5-4-6-8-10-12-14-16-19-21-2/h3-19H2,1-2H3. The highest BCUT2D eigenvalue weighted by molar-refractivity contribution is 7.98. The van der Waals surface area contributed by atoms with Crippen molar-refractivity contribution in [2.24, 2.45) is 0 Å². The van der Waals surface area contributed by atoms with Gasteiger partial charge in [-0.1, -0.05) is 77.6 Å². The number of ether oxygens (including phenoxy) is 1. The Morgan fingerprint density at radius 1 is 0.571 bits per heavy atom. The molecule has 0 N–H and O–H groups in total. The fourth-order valence-corrected chi connectivity index (χ4v) is 3.13. The van der Waals surface area contributed by atoms with Crippen molar-refractivity contribution in [3.8, 4) is 0 Å². The second kappa shape index (κ2) is 20.3. The number of thioether (sulfide) groups is 1. The predicted octanol–water partition coefficient (Wildman–Crippen LogP) is 6.85. The van der Waals surface area contributed by atoms with Crippen molar-refractivity contribution in [3.05, 3.63) is 0 Å². The Hall–Kier alpha value is 0.310. The quantitative estimate of drug-likeness (QED) is 0.256. The van der Waals surface area contributed by atoms with Crippen LogP contribution in [0.25, 0.3) is 0 Å². The number of hydrogen-bond acceptors (Lipinski definition) is 2. The second-order valence-electron chi connectivity index (χ2n) is 6.20. The molecule has 0 fully saturated rings. The molecule has 0 heterocycles. The minimum Gasteiger partial charge on any atom is -0.381 e. The van der Waals surface area contributed by atoms with Gasteiger partial charge in [0.05, 0.1) is 0 Å². The summed E-state index contributed by atoms with van der Waals surface area (Å²) >= 11 is 1.98. The molecule has 0 atom stereocenters. The lowest BCUT2D eigenvalue weighted by Crippen LogP contribution is -1.95. The summed E-state index contributed by atoms with van der Waals surface area (Å²) < 4.78 is 5.50. The van der Waals surface area contributed by atoms with Gasteiger partial charge in [-0.15, -0.1) is 0 Å². The van der Waals surface area contributed by atoms with Crippen LogP contribution in [-0.2, 0) is 4.74 Å². The van der Waals surface area contributed by atoms with Crippen LogP contribution in [0.5, 0.6) is 0 Å². The first kappa shape index (κ1) is 21.3. The summed E-state index contributed by atoms with van der Waals surface area (Å²) in [5.41, 5.74) is 0. The van der Waals surface area contributed by atoms with Crippen LogP contribution in [0.15, 0.2) is 0 Å². The molecule has 128 valence electrons. The molecule has 0 aromatic heterocycles. The highest BCUT2D eigenvalue weighted by atomic mass is 32.2. The van der Waals surface area contributed by atoms with Crippen molar-refractivity contribution in [3.63, 3.8) is 0 Å². The summed E-state index contributed by atoms with van der Waals surface area (Å²) in [5.74, 6) is 1.35. The van der Waals surface area contributed by atoms with E-state index in [1.807, 2.05) is 11.8 Å². The fourth-order valence-electron chi connectivity index (χ4n) is 2.64. The van der Waals surface area contributed by atoms with Gasteiger partial charge in [-0.3, -0.25) is 0 Å². The molecule has 0 aromatic rings. The summed E-state index contributed by atoms with van der Waals surface area (Å²) in [5, 5.41) is 0. The van der Waals surface area contributed by atoms with E-state index in [0.717, 1.165) is 19.6 Å². The molecule has 21 heavy (non-hydrogen) atoms. The molecular formula is C19H40OS. The molecule has 1 nitrogen and oxygen atoms in total. The van der Waals surface area contributed by atoms with Gasteiger partial charge in [0.2, 0.25) is 0 Å². The molecule has 0 rings (SSSR count). The molecule has 0 bridgehead atoms. The van der Waals surface area contributed by atoms with Crippen molar-refractivity contribution in [2.45, 2.75) is 96.8 Å². The molecular weight excluding hydrogens is 276 g/mol. The highest BCUT2D eigenvalue weighted by Gasteiger charge is 1.94. The van der Waals surface area contributed by atoms with Crippen LogP contribution in [-0.4, -0.2) is 25.2 Å². The van der Waals surface area contributed by atoms with Crippen LogP contribution in [0.2, 0.25) is 0 Å². The summed E-state index contributed by atoms with van der Waals surface area (Å²) in [4.78, 5) is 0. The molecule has 0 aliphatic carbocycles. The summed E-state index contributed by atoms with van der Waals surface area (Å²) in [6.45, 7) is 4.09. The molecule has 0 saturated carbocycles. The Morgan fingerprint density at radius 3 is 1.43 bits per heavy atom. The van der Waals surface area contributed by atoms with E-state index in [9.17, 15) is 0 Å². The zero-order chi connectivity index (χ0) is 15.4. The first-order chi connectivity index (χ1) is 10.4. The van der Waals surface area contributed by atoms with E-state index in [4.69, 9.17) is 4.74 Å². The largest absolute Gasteiger partial charge is 0.381 e. The van der Waals surface area contributed by atoms with E-state index in [1.165, 1.54) is 89.2 Å². The van der Waals surface area contributed by atoms with Crippen LogP contribution in [0, 0.1) is 0 Å². The Kier molecular flexibility index (Phi) is 20.6. The maximum atomic E-state index is 5.50. The van der Waals surface area contributed by atoms with Crippen LogP contribution in [0.4, 0.5) is 0 Å². The smallest absolute Gasteiger partial charge is 0.0466 e. The van der Waals surface area contributed by atoms with E-state index in [0.29, 0.717) is 0 Å². The van der Waals surface area contributed by atoms with Crippen molar-refractivity contribution in [1.29, 1.82) is 0 Å². The fraction of sp³-hybridized carbons (Fsp3) is 1.00. The van der Waals surface area contributed by atoms with Crippen LogP contribution >= 0.6 is 11.8 Å². The molecule has 0 aliphatic rings. The van der Waals surface area contributed by atoms with Crippen LogP contribution in [0.3, 0.4) is 0 Å². The lowest BCUT2D eigenvalue weighted by Gasteiger charge is -2.04. The van der Waals surface area contributed by atoms with Gasteiger partial charge in [0.25, 0.3) is 0 Å². The van der Waals surface area contributed by atoms with Gasteiger partial charge in [-0.25, -0.2) is 0 Å². The zero-order valence-electron chi connectivity index (χ0n) is 14.8. The average molecular weight is 317 g/mol. The predicted molar refractivity (Wildman–Crippen MR) is 99.5 cm³/mol. The number of hydrogen-bond donors (Lipinski definition) is 0. The van der Waals surface area contributed by atoms with E-state index < -0.39 is 0 Å². The highest BCUT2D eigenvalue weighted by Crippen LogP contribution is 2.13. The summed E-state index contributed by atoms with van der Waals surface area (Å²) in [6.07, 6.45) is 21.9. The summed E-state index contributed by atoms with van der Waals surface area (Å²) in [6, 6.07) is 0. The van der Waals surface area contributed by atoms with Gasteiger partial charge in [0.1, 0.15) is 0 Å². The molecule has 0 aromatic carbocycles. The molecule has 0 amide bonds. The minimum absolute atomic E-state index is 0.942. The van der Waals surface area contributed by atoms with Crippen molar-refractivity contribution >= 4 is 11.8 Å². The normalized spacial score (nSPS) is 11.1. The minimum atomic E-state index is 0.942. The molecule has 0 saturated heterocycles. The lowest BCUT2D eigenvalue weighted by molar-refractivity contribution is 0.130. The monoisotopic (exact) mass is 316 g/mol. The Bertz CT molecular complexity index is 155. The van der Waals surface area contributed by atoms with Crippen LogP contribution < -0.4 is 0 Å². The second-order valence-corrected chi connectivity index (χ2v) is 7.19. The van der Waals surface area contributed by atoms with Gasteiger partial charge in [-0.2, -0.15) is 11.8 Å². The third-order valence-electron chi connectivity index (χ3n) is 3.99.